The molecule has 0 radical (unpaired) electrons. The highest BCUT2D eigenvalue weighted by Gasteiger charge is 2.13. The minimum atomic E-state index is -0.0595. The van der Waals surface area contributed by atoms with Gasteiger partial charge in [-0.1, -0.05) is 57.3 Å². The van der Waals surface area contributed by atoms with Crippen LogP contribution in [0.5, 0.6) is 0 Å². The summed E-state index contributed by atoms with van der Waals surface area (Å²) in [7, 11) is 0. The average molecular weight is 359 g/mol. The van der Waals surface area contributed by atoms with Crippen LogP contribution < -0.4 is 5.73 Å². The van der Waals surface area contributed by atoms with E-state index < -0.39 is 0 Å². The standard InChI is InChI=1S/C14H10BrCl2NO/c15-10-4-2-1-3-8(10)7-13(19)9-5-11(16)14(18)12(17)6-9/h1-6H,7,18H2. The van der Waals surface area contributed by atoms with Crippen molar-refractivity contribution in [3.63, 3.8) is 0 Å². The first-order valence-electron chi connectivity index (χ1n) is 5.50. The Labute approximate surface area is 129 Å². The molecule has 98 valence electrons. The normalized spacial score (nSPS) is 10.5. The number of carbonyl (C=O) groups is 1. The van der Waals surface area contributed by atoms with Crippen molar-refractivity contribution in [2.24, 2.45) is 0 Å². The van der Waals surface area contributed by atoms with E-state index in [9.17, 15) is 4.79 Å². The van der Waals surface area contributed by atoms with Gasteiger partial charge in [-0.3, -0.25) is 4.79 Å². The first-order valence-corrected chi connectivity index (χ1v) is 7.05. The summed E-state index contributed by atoms with van der Waals surface area (Å²) in [5.41, 5.74) is 7.31. The van der Waals surface area contributed by atoms with Crippen LogP contribution >= 0.6 is 39.1 Å². The molecule has 0 saturated heterocycles. The molecule has 0 aliphatic carbocycles. The third-order valence-corrected chi connectivity index (χ3v) is 4.11. The van der Waals surface area contributed by atoms with Crippen molar-refractivity contribution in [2.45, 2.75) is 6.42 Å². The van der Waals surface area contributed by atoms with Crippen molar-refractivity contribution in [3.8, 4) is 0 Å². The van der Waals surface area contributed by atoms with Gasteiger partial charge in [0.1, 0.15) is 0 Å². The molecule has 0 amide bonds. The van der Waals surface area contributed by atoms with Crippen LogP contribution in [0, 0.1) is 0 Å². The smallest absolute Gasteiger partial charge is 0.167 e. The van der Waals surface area contributed by atoms with Crippen LogP contribution in [0.1, 0.15) is 15.9 Å². The number of benzene rings is 2. The highest BCUT2D eigenvalue weighted by molar-refractivity contribution is 9.10. The zero-order valence-electron chi connectivity index (χ0n) is 9.79. The second-order valence-electron chi connectivity index (χ2n) is 4.04. The molecule has 2 N–H and O–H groups in total. The van der Waals surface area contributed by atoms with Crippen molar-refractivity contribution in [2.75, 3.05) is 5.73 Å². The van der Waals surface area contributed by atoms with Gasteiger partial charge in [-0.15, -0.1) is 0 Å². The number of halogens is 3. The van der Waals surface area contributed by atoms with Gasteiger partial charge in [0, 0.05) is 16.5 Å². The van der Waals surface area contributed by atoms with E-state index in [-0.39, 0.29) is 12.2 Å². The molecule has 2 nitrogen and oxygen atoms in total. The van der Waals surface area contributed by atoms with Gasteiger partial charge < -0.3 is 5.73 Å². The minimum absolute atomic E-state index is 0.0595. The van der Waals surface area contributed by atoms with Crippen LogP contribution in [0.25, 0.3) is 0 Å². The minimum Gasteiger partial charge on any atom is -0.396 e. The Morgan fingerprint density at radius 3 is 2.32 bits per heavy atom. The number of anilines is 1. The van der Waals surface area contributed by atoms with Crippen molar-refractivity contribution in [1.29, 1.82) is 0 Å². The lowest BCUT2D eigenvalue weighted by atomic mass is 10.0. The number of Topliss-reactive ketones (excluding diaryl/α,β-unsaturated/α-hetero) is 1. The first kappa shape index (κ1) is 14.4. The molecule has 0 bridgehead atoms. The fourth-order valence-electron chi connectivity index (χ4n) is 1.66. The summed E-state index contributed by atoms with van der Waals surface area (Å²) in [4.78, 5) is 12.2. The van der Waals surface area contributed by atoms with Crippen molar-refractivity contribution < 1.29 is 4.79 Å². The maximum absolute atomic E-state index is 12.2. The number of hydrogen-bond acceptors (Lipinski definition) is 2. The van der Waals surface area contributed by atoms with Gasteiger partial charge in [0.25, 0.3) is 0 Å². The van der Waals surface area contributed by atoms with Gasteiger partial charge in [-0.2, -0.15) is 0 Å². The fraction of sp³-hybridized carbons (Fsp3) is 0.0714. The molecule has 2 aromatic rings. The first-order chi connectivity index (χ1) is 8.99. The Morgan fingerprint density at radius 2 is 1.74 bits per heavy atom. The van der Waals surface area contributed by atoms with Crippen LogP contribution in [-0.4, -0.2) is 5.78 Å². The number of rotatable bonds is 3. The topological polar surface area (TPSA) is 43.1 Å². The molecular formula is C14H10BrCl2NO. The highest BCUT2D eigenvalue weighted by Crippen LogP contribution is 2.29. The number of carbonyl (C=O) groups excluding carboxylic acids is 1. The summed E-state index contributed by atoms with van der Waals surface area (Å²) >= 11 is 15.3. The summed E-state index contributed by atoms with van der Waals surface area (Å²) in [5.74, 6) is -0.0595. The molecule has 2 rings (SSSR count). The van der Waals surface area contributed by atoms with E-state index in [1.807, 2.05) is 24.3 Å². The average Bonchev–Trinajstić information content (AvgIpc) is 2.38. The Balaban J connectivity index is 2.28. The second kappa shape index (κ2) is 5.95. The third kappa shape index (κ3) is 3.30. The van der Waals surface area contributed by atoms with Crippen LogP contribution in [0.3, 0.4) is 0 Å². The maximum Gasteiger partial charge on any atom is 0.167 e. The van der Waals surface area contributed by atoms with Gasteiger partial charge in [0.05, 0.1) is 15.7 Å². The number of nitrogens with two attached hydrogens (primary N) is 1. The zero-order valence-corrected chi connectivity index (χ0v) is 12.9. The molecule has 2 aromatic carbocycles. The van der Waals surface area contributed by atoms with E-state index in [0.29, 0.717) is 21.3 Å². The van der Waals surface area contributed by atoms with Crippen molar-refractivity contribution >= 4 is 50.6 Å². The van der Waals surface area contributed by atoms with Crippen molar-refractivity contribution in [3.05, 3.63) is 62.0 Å². The fourth-order valence-corrected chi connectivity index (χ4v) is 2.57. The predicted molar refractivity (Wildman–Crippen MR) is 83.1 cm³/mol. The molecule has 19 heavy (non-hydrogen) atoms. The lowest BCUT2D eigenvalue weighted by Gasteiger charge is -2.07. The van der Waals surface area contributed by atoms with Crippen LogP contribution in [-0.2, 0) is 6.42 Å². The molecule has 5 heteroatoms. The lowest BCUT2D eigenvalue weighted by molar-refractivity contribution is 0.0993. The summed E-state index contributed by atoms with van der Waals surface area (Å²) in [6.45, 7) is 0. The van der Waals surface area contributed by atoms with E-state index >= 15 is 0 Å². The van der Waals surface area contributed by atoms with Crippen molar-refractivity contribution in [1.82, 2.24) is 0 Å². The SMILES string of the molecule is Nc1c(Cl)cc(C(=O)Cc2ccccc2Br)cc1Cl. The molecule has 0 aliphatic rings. The summed E-state index contributed by atoms with van der Waals surface area (Å²) < 4.78 is 0.899. The van der Waals surface area contributed by atoms with Gasteiger partial charge in [-0.25, -0.2) is 0 Å². The predicted octanol–water partition coefficient (Wildman–Crippen LogP) is 4.76. The zero-order chi connectivity index (χ0) is 14.0. The molecule has 0 unspecified atom stereocenters. The number of ketones is 1. The summed E-state index contributed by atoms with van der Waals surface area (Å²) in [5, 5.41) is 0.589. The Kier molecular flexibility index (Phi) is 4.50. The van der Waals surface area contributed by atoms with Crippen LogP contribution in [0.2, 0.25) is 10.0 Å². The summed E-state index contributed by atoms with van der Waals surface area (Å²) in [6.07, 6.45) is 0.276. The molecule has 0 atom stereocenters. The van der Waals surface area contributed by atoms with E-state index in [2.05, 4.69) is 15.9 Å². The van der Waals surface area contributed by atoms with Crippen LogP contribution in [0.4, 0.5) is 5.69 Å². The Morgan fingerprint density at radius 1 is 1.16 bits per heavy atom. The lowest BCUT2D eigenvalue weighted by Crippen LogP contribution is -2.05. The monoisotopic (exact) mass is 357 g/mol. The number of hydrogen-bond donors (Lipinski definition) is 1. The molecular weight excluding hydrogens is 349 g/mol. The summed E-state index contributed by atoms with van der Waals surface area (Å²) in [6, 6.07) is 10.7. The van der Waals surface area contributed by atoms with E-state index in [1.165, 1.54) is 0 Å². The molecule has 0 spiro atoms. The van der Waals surface area contributed by atoms with E-state index in [1.54, 1.807) is 12.1 Å². The van der Waals surface area contributed by atoms with Gasteiger partial charge in [0.15, 0.2) is 5.78 Å². The molecule has 0 saturated carbocycles. The Hall–Kier alpha value is -1.03. The molecule has 0 fully saturated rings. The Bertz CT molecular complexity index is 620. The van der Waals surface area contributed by atoms with Gasteiger partial charge in [0.2, 0.25) is 0 Å². The van der Waals surface area contributed by atoms with Gasteiger partial charge in [-0.05, 0) is 23.8 Å². The van der Waals surface area contributed by atoms with E-state index in [0.717, 1.165) is 10.0 Å². The number of nitrogen functional groups attached to an aromatic ring is 1. The second-order valence-corrected chi connectivity index (χ2v) is 5.71. The molecule has 0 aliphatic heterocycles. The maximum atomic E-state index is 12.2. The highest BCUT2D eigenvalue weighted by atomic mass is 79.9. The van der Waals surface area contributed by atoms with Crippen LogP contribution in [0.15, 0.2) is 40.9 Å². The van der Waals surface area contributed by atoms with E-state index in [4.69, 9.17) is 28.9 Å². The molecule has 0 aromatic heterocycles. The largest absolute Gasteiger partial charge is 0.396 e. The quantitative estimate of drug-likeness (QED) is 0.634. The molecule has 0 heterocycles. The van der Waals surface area contributed by atoms with Gasteiger partial charge >= 0.3 is 0 Å². The third-order valence-electron chi connectivity index (χ3n) is 2.71.